The van der Waals surface area contributed by atoms with Crippen LogP contribution in [0.3, 0.4) is 0 Å². The molecule has 1 amide bonds. The number of ether oxygens (including phenoxy) is 2. The van der Waals surface area contributed by atoms with Crippen molar-refractivity contribution in [2.24, 2.45) is 0 Å². The standard InChI is InChI=1S/C14H29NO3/c1-3-5-7-9-15-14(16)13-18-12-11-17-10-8-6-4-2/h3-13H2,1-2H3,(H,15,16). The minimum Gasteiger partial charge on any atom is -0.379 e. The Kier molecular flexibility index (Phi) is 14.0. The van der Waals surface area contributed by atoms with Crippen LogP contribution in [0.4, 0.5) is 0 Å². The van der Waals surface area contributed by atoms with Gasteiger partial charge in [-0.2, -0.15) is 0 Å². The van der Waals surface area contributed by atoms with Gasteiger partial charge in [-0.25, -0.2) is 0 Å². The Morgan fingerprint density at radius 2 is 1.56 bits per heavy atom. The molecule has 18 heavy (non-hydrogen) atoms. The first kappa shape index (κ1) is 17.4. The fraction of sp³-hybridized carbons (Fsp3) is 0.929. The van der Waals surface area contributed by atoms with Crippen molar-refractivity contribution in [1.82, 2.24) is 5.32 Å². The lowest BCUT2D eigenvalue weighted by Gasteiger charge is -2.06. The third kappa shape index (κ3) is 13.5. The van der Waals surface area contributed by atoms with Crippen LogP contribution < -0.4 is 5.32 Å². The van der Waals surface area contributed by atoms with Crippen molar-refractivity contribution in [2.45, 2.75) is 52.4 Å². The molecular weight excluding hydrogens is 230 g/mol. The van der Waals surface area contributed by atoms with Crippen LogP contribution in [-0.2, 0) is 14.3 Å². The molecule has 0 rings (SSSR count). The molecule has 0 heterocycles. The van der Waals surface area contributed by atoms with Gasteiger partial charge in [0.1, 0.15) is 6.61 Å². The van der Waals surface area contributed by atoms with E-state index in [0.29, 0.717) is 13.2 Å². The van der Waals surface area contributed by atoms with E-state index in [9.17, 15) is 4.79 Å². The van der Waals surface area contributed by atoms with E-state index < -0.39 is 0 Å². The van der Waals surface area contributed by atoms with Crippen molar-refractivity contribution in [2.75, 3.05) is 33.0 Å². The highest BCUT2D eigenvalue weighted by Gasteiger charge is 1.99. The van der Waals surface area contributed by atoms with Crippen LogP contribution in [0.1, 0.15) is 52.4 Å². The highest BCUT2D eigenvalue weighted by Crippen LogP contribution is 1.94. The van der Waals surface area contributed by atoms with Crippen molar-refractivity contribution < 1.29 is 14.3 Å². The highest BCUT2D eigenvalue weighted by atomic mass is 16.5. The van der Waals surface area contributed by atoms with Crippen molar-refractivity contribution in [3.63, 3.8) is 0 Å². The quantitative estimate of drug-likeness (QED) is 0.517. The molecule has 0 aliphatic rings. The van der Waals surface area contributed by atoms with E-state index in [1.54, 1.807) is 0 Å². The molecule has 0 atom stereocenters. The molecule has 1 N–H and O–H groups in total. The van der Waals surface area contributed by atoms with Gasteiger partial charge in [0, 0.05) is 13.2 Å². The molecule has 0 spiro atoms. The number of hydrogen-bond donors (Lipinski definition) is 1. The molecule has 0 saturated carbocycles. The predicted molar refractivity (Wildman–Crippen MR) is 73.7 cm³/mol. The zero-order valence-corrected chi connectivity index (χ0v) is 12.0. The molecule has 0 aliphatic heterocycles. The summed E-state index contributed by atoms with van der Waals surface area (Å²) >= 11 is 0. The maximum atomic E-state index is 11.3. The van der Waals surface area contributed by atoms with Crippen LogP contribution >= 0.6 is 0 Å². The fourth-order valence-corrected chi connectivity index (χ4v) is 1.49. The molecule has 0 aromatic heterocycles. The number of rotatable bonds is 13. The summed E-state index contributed by atoms with van der Waals surface area (Å²) in [5.41, 5.74) is 0. The number of amides is 1. The highest BCUT2D eigenvalue weighted by molar-refractivity contribution is 5.77. The molecule has 0 radical (unpaired) electrons. The Labute approximate surface area is 111 Å². The van der Waals surface area contributed by atoms with Crippen molar-refractivity contribution in [3.05, 3.63) is 0 Å². The van der Waals surface area contributed by atoms with Crippen molar-refractivity contribution in [3.8, 4) is 0 Å². The molecule has 0 bridgehead atoms. The maximum absolute atomic E-state index is 11.3. The zero-order valence-electron chi connectivity index (χ0n) is 12.0. The lowest BCUT2D eigenvalue weighted by atomic mass is 10.2. The number of unbranched alkanes of at least 4 members (excludes halogenated alkanes) is 4. The Bertz CT molecular complexity index is 186. The van der Waals surface area contributed by atoms with Crippen LogP contribution in [0, 0.1) is 0 Å². The van der Waals surface area contributed by atoms with E-state index in [2.05, 4.69) is 19.2 Å². The Morgan fingerprint density at radius 3 is 2.28 bits per heavy atom. The monoisotopic (exact) mass is 259 g/mol. The van der Waals surface area contributed by atoms with Gasteiger partial charge < -0.3 is 14.8 Å². The number of carbonyl (C=O) groups excluding carboxylic acids is 1. The van der Waals surface area contributed by atoms with Gasteiger partial charge in [-0.15, -0.1) is 0 Å². The Hall–Kier alpha value is -0.610. The van der Waals surface area contributed by atoms with Crippen LogP contribution in [0.2, 0.25) is 0 Å². The lowest BCUT2D eigenvalue weighted by molar-refractivity contribution is -0.126. The summed E-state index contributed by atoms with van der Waals surface area (Å²) in [6.07, 6.45) is 6.89. The average Bonchev–Trinajstić information content (AvgIpc) is 2.38. The van der Waals surface area contributed by atoms with Gasteiger partial charge >= 0.3 is 0 Å². The van der Waals surface area contributed by atoms with E-state index in [1.165, 1.54) is 19.3 Å². The SMILES string of the molecule is CCCCCNC(=O)COCCOCCCCC. The van der Waals surface area contributed by atoms with Gasteiger partial charge in [0.15, 0.2) is 0 Å². The Balaban J connectivity index is 3.10. The fourth-order valence-electron chi connectivity index (χ4n) is 1.49. The largest absolute Gasteiger partial charge is 0.379 e. The van der Waals surface area contributed by atoms with Gasteiger partial charge in [-0.1, -0.05) is 39.5 Å². The average molecular weight is 259 g/mol. The second-order valence-corrected chi connectivity index (χ2v) is 4.43. The van der Waals surface area contributed by atoms with E-state index >= 15 is 0 Å². The number of hydrogen-bond acceptors (Lipinski definition) is 3. The van der Waals surface area contributed by atoms with Gasteiger partial charge in [0.2, 0.25) is 5.91 Å². The molecular formula is C14H29NO3. The topological polar surface area (TPSA) is 47.6 Å². The van der Waals surface area contributed by atoms with Gasteiger partial charge in [-0.05, 0) is 12.8 Å². The molecule has 0 fully saturated rings. The smallest absolute Gasteiger partial charge is 0.245 e. The van der Waals surface area contributed by atoms with Crippen molar-refractivity contribution >= 4 is 5.91 Å². The van der Waals surface area contributed by atoms with Crippen LogP contribution in [0.15, 0.2) is 0 Å². The summed E-state index contributed by atoms with van der Waals surface area (Å²) in [6, 6.07) is 0. The third-order valence-corrected chi connectivity index (χ3v) is 2.60. The molecule has 0 unspecified atom stereocenters. The minimum atomic E-state index is -0.0305. The van der Waals surface area contributed by atoms with Crippen LogP contribution in [-0.4, -0.2) is 38.9 Å². The molecule has 0 saturated heterocycles. The third-order valence-electron chi connectivity index (χ3n) is 2.60. The second-order valence-electron chi connectivity index (χ2n) is 4.43. The van der Waals surface area contributed by atoms with E-state index in [-0.39, 0.29) is 12.5 Å². The molecule has 108 valence electrons. The van der Waals surface area contributed by atoms with Gasteiger partial charge in [-0.3, -0.25) is 4.79 Å². The maximum Gasteiger partial charge on any atom is 0.245 e. The summed E-state index contributed by atoms with van der Waals surface area (Å²) in [6.45, 7) is 7.07. The van der Waals surface area contributed by atoms with Gasteiger partial charge in [0.25, 0.3) is 0 Å². The van der Waals surface area contributed by atoms with E-state index in [0.717, 1.165) is 32.4 Å². The van der Waals surface area contributed by atoms with Crippen LogP contribution in [0.5, 0.6) is 0 Å². The van der Waals surface area contributed by atoms with Gasteiger partial charge in [0.05, 0.1) is 13.2 Å². The summed E-state index contributed by atoms with van der Waals surface area (Å²) in [5, 5.41) is 2.83. The molecule has 0 aromatic carbocycles. The number of nitrogens with one attached hydrogen (secondary N) is 1. The first-order valence-electron chi connectivity index (χ1n) is 7.23. The summed E-state index contributed by atoms with van der Waals surface area (Å²) in [7, 11) is 0. The first-order valence-corrected chi connectivity index (χ1v) is 7.23. The molecule has 0 aromatic rings. The van der Waals surface area contributed by atoms with E-state index in [4.69, 9.17) is 9.47 Å². The van der Waals surface area contributed by atoms with E-state index in [1.807, 2.05) is 0 Å². The predicted octanol–water partition coefficient (Wildman–Crippen LogP) is 2.52. The second kappa shape index (κ2) is 14.5. The normalized spacial score (nSPS) is 10.6. The Morgan fingerprint density at radius 1 is 0.889 bits per heavy atom. The zero-order chi connectivity index (χ0) is 13.5. The summed E-state index contributed by atoms with van der Waals surface area (Å²) in [4.78, 5) is 11.3. The summed E-state index contributed by atoms with van der Waals surface area (Å²) < 4.78 is 10.6. The summed E-state index contributed by atoms with van der Waals surface area (Å²) in [5.74, 6) is -0.0305. The minimum absolute atomic E-state index is 0.0305. The molecule has 0 aliphatic carbocycles. The lowest BCUT2D eigenvalue weighted by Crippen LogP contribution is -2.29. The van der Waals surface area contributed by atoms with Crippen LogP contribution in [0.25, 0.3) is 0 Å². The molecule has 4 nitrogen and oxygen atoms in total. The first-order chi connectivity index (χ1) is 8.81. The number of carbonyl (C=O) groups is 1. The molecule has 4 heteroatoms. The van der Waals surface area contributed by atoms with Crippen molar-refractivity contribution in [1.29, 1.82) is 0 Å².